The van der Waals surface area contributed by atoms with Crippen LogP contribution in [0.2, 0.25) is 0 Å². The molecule has 0 saturated carbocycles. The molecule has 0 N–H and O–H groups in total. The van der Waals surface area contributed by atoms with Gasteiger partial charge in [-0.25, -0.2) is 0 Å². The van der Waals surface area contributed by atoms with Crippen molar-refractivity contribution < 1.29 is 0 Å². The molecule has 0 aromatic rings. The summed E-state index contributed by atoms with van der Waals surface area (Å²) in [5.41, 5.74) is 4.40. The van der Waals surface area contributed by atoms with Crippen LogP contribution in [-0.4, -0.2) is 0 Å². The standard InChI is InChI=1S/C9H6/c1-2-7-4-9-5-8(9)3-6(1)7/h1-6H. The van der Waals surface area contributed by atoms with E-state index in [-0.39, 0.29) is 0 Å². The average Bonchev–Trinajstić information content (AvgIpc) is 2.53. The van der Waals surface area contributed by atoms with Gasteiger partial charge in [0.05, 0.1) is 0 Å². The van der Waals surface area contributed by atoms with Crippen molar-refractivity contribution >= 4 is 0 Å². The van der Waals surface area contributed by atoms with Crippen LogP contribution in [-0.2, 0) is 0 Å². The Hall–Kier alpha value is -1.04. The zero-order valence-electron chi connectivity index (χ0n) is 4.96. The topological polar surface area (TPSA) is 0 Å². The van der Waals surface area contributed by atoms with Gasteiger partial charge in [0.25, 0.3) is 0 Å². The van der Waals surface area contributed by atoms with Crippen molar-refractivity contribution in [1.29, 1.82) is 0 Å². The fourth-order valence-corrected chi connectivity index (χ4v) is 1.39. The second kappa shape index (κ2) is 0.971. The number of allylic oxidation sites excluding steroid dienone is 8. The van der Waals surface area contributed by atoms with E-state index in [1.807, 2.05) is 0 Å². The van der Waals surface area contributed by atoms with Crippen LogP contribution in [0.15, 0.2) is 47.1 Å². The van der Waals surface area contributed by atoms with Gasteiger partial charge in [0.1, 0.15) is 0 Å². The smallest absolute Gasteiger partial charge is 0.0211 e. The molecule has 0 spiro atoms. The molecule has 0 aromatic carbocycles. The Morgan fingerprint density at radius 3 is 2.78 bits per heavy atom. The van der Waals surface area contributed by atoms with Crippen LogP contribution < -0.4 is 0 Å². The molecule has 0 amide bonds. The molecule has 3 rings (SSSR count). The maximum atomic E-state index is 2.32. The van der Waals surface area contributed by atoms with Gasteiger partial charge in [0, 0.05) is 5.92 Å². The number of rotatable bonds is 0. The van der Waals surface area contributed by atoms with Gasteiger partial charge in [-0.1, -0.05) is 24.3 Å². The van der Waals surface area contributed by atoms with Crippen LogP contribution >= 0.6 is 0 Å². The van der Waals surface area contributed by atoms with Crippen molar-refractivity contribution in [3.05, 3.63) is 47.1 Å². The van der Waals surface area contributed by atoms with Crippen LogP contribution in [0.5, 0.6) is 0 Å². The lowest BCUT2D eigenvalue weighted by Gasteiger charge is -2.20. The molecular formula is C9H6. The number of hydrogen-bond acceptors (Lipinski definition) is 0. The largest absolute Gasteiger partial charge is 0.0729 e. The van der Waals surface area contributed by atoms with Crippen molar-refractivity contribution in [3.8, 4) is 0 Å². The Balaban J connectivity index is 2.22. The van der Waals surface area contributed by atoms with Gasteiger partial charge in [0.15, 0.2) is 0 Å². The Bertz CT molecular complexity index is 298. The third-order valence-corrected chi connectivity index (χ3v) is 2.12. The van der Waals surface area contributed by atoms with E-state index in [0.29, 0.717) is 5.92 Å². The monoisotopic (exact) mass is 114 g/mol. The van der Waals surface area contributed by atoms with E-state index < -0.39 is 0 Å². The van der Waals surface area contributed by atoms with Gasteiger partial charge in [0.2, 0.25) is 0 Å². The molecule has 3 aliphatic rings. The maximum Gasteiger partial charge on any atom is 0.0211 e. The minimum atomic E-state index is 0.669. The molecule has 0 heterocycles. The van der Waals surface area contributed by atoms with E-state index >= 15 is 0 Å². The molecule has 0 fully saturated rings. The Labute approximate surface area is 53.9 Å². The zero-order valence-corrected chi connectivity index (χ0v) is 4.96. The van der Waals surface area contributed by atoms with Crippen LogP contribution in [0.1, 0.15) is 0 Å². The van der Waals surface area contributed by atoms with Crippen molar-refractivity contribution in [2.24, 2.45) is 5.92 Å². The Morgan fingerprint density at radius 2 is 2.11 bits per heavy atom. The van der Waals surface area contributed by atoms with E-state index in [9.17, 15) is 0 Å². The van der Waals surface area contributed by atoms with Crippen LogP contribution in [0.25, 0.3) is 0 Å². The first-order valence-corrected chi connectivity index (χ1v) is 3.27. The molecular weight excluding hydrogens is 108 g/mol. The summed E-state index contributed by atoms with van der Waals surface area (Å²) in [6, 6.07) is 0. The molecule has 0 bridgehead atoms. The summed E-state index contributed by atoms with van der Waals surface area (Å²) in [6.07, 6.45) is 11.3. The lowest BCUT2D eigenvalue weighted by atomic mass is 9.84. The molecule has 0 heteroatoms. The van der Waals surface area contributed by atoms with Crippen LogP contribution in [0, 0.1) is 5.92 Å². The summed E-state index contributed by atoms with van der Waals surface area (Å²) < 4.78 is 0. The maximum absolute atomic E-state index is 2.32. The molecule has 0 nitrogen and oxygen atoms in total. The lowest BCUT2D eigenvalue weighted by molar-refractivity contribution is 0.927. The third kappa shape index (κ3) is 0.355. The summed E-state index contributed by atoms with van der Waals surface area (Å²) >= 11 is 0. The van der Waals surface area contributed by atoms with Gasteiger partial charge >= 0.3 is 0 Å². The highest BCUT2D eigenvalue weighted by Crippen LogP contribution is 2.42. The van der Waals surface area contributed by atoms with E-state index in [1.54, 1.807) is 0 Å². The summed E-state index contributed by atoms with van der Waals surface area (Å²) in [5, 5.41) is 0. The zero-order chi connectivity index (χ0) is 5.84. The molecule has 0 saturated heterocycles. The van der Waals surface area contributed by atoms with Gasteiger partial charge in [-0.2, -0.15) is 0 Å². The summed E-state index contributed by atoms with van der Waals surface area (Å²) in [5.74, 6) is 0.669. The van der Waals surface area contributed by atoms with Crippen LogP contribution in [0.3, 0.4) is 0 Å². The highest BCUT2D eigenvalue weighted by molar-refractivity contribution is 5.70. The predicted octanol–water partition coefficient (Wildman–Crippen LogP) is 1.98. The van der Waals surface area contributed by atoms with E-state index in [0.717, 1.165) is 0 Å². The molecule has 0 aromatic heterocycles. The van der Waals surface area contributed by atoms with Gasteiger partial charge in [-0.15, -0.1) is 0 Å². The molecule has 1 atom stereocenters. The number of fused-ring (bicyclic) bond motifs is 2. The first-order valence-electron chi connectivity index (χ1n) is 3.27. The second-order valence-electron chi connectivity index (χ2n) is 2.75. The highest BCUT2D eigenvalue weighted by atomic mass is 14.3. The minimum Gasteiger partial charge on any atom is -0.0729 e. The van der Waals surface area contributed by atoms with Gasteiger partial charge < -0.3 is 0 Å². The van der Waals surface area contributed by atoms with Crippen molar-refractivity contribution in [2.75, 3.05) is 0 Å². The molecule has 9 heavy (non-hydrogen) atoms. The fourth-order valence-electron chi connectivity index (χ4n) is 1.39. The van der Waals surface area contributed by atoms with Gasteiger partial charge in [-0.05, 0) is 22.8 Å². The normalized spacial score (nSPS) is 32.9. The summed E-state index contributed by atoms with van der Waals surface area (Å²) in [4.78, 5) is 0. The summed E-state index contributed by atoms with van der Waals surface area (Å²) in [6.45, 7) is 0. The molecule has 0 aliphatic heterocycles. The molecule has 42 valence electrons. The molecule has 0 radical (unpaired) electrons. The van der Waals surface area contributed by atoms with E-state index in [4.69, 9.17) is 0 Å². The van der Waals surface area contributed by atoms with Crippen molar-refractivity contribution in [1.82, 2.24) is 0 Å². The molecule has 3 aliphatic carbocycles. The molecule has 1 unspecified atom stereocenters. The fraction of sp³-hybridized carbons (Fsp3) is 0.111. The van der Waals surface area contributed by atoms with Crippen LogP contribution in [0.4, 0.5) is 0 Å². The number of hydrogen-bond donors (Lipinski definition) is 0. The summed E-state index contributed by atoms with van der Waals surface area (Å²) in [7, 11) is 0. The predicted molar refractivity (Wildman–Crippen MR) is 36.9 cm³/mol. The Kier molecular flexibility index (Phi) is 0.419. The average molecular weight is 114 g/mol. The van der Waals surface area contributed by atoms with E-state index in [2.05, 4.69) is 30.4 Å². The van der Waals surface area contributed by atoms with E-state index in [1.165, 1.54) is 16.7 Å². The first kappa shape index (κ1) is 3.89. The SMILES string of the molecule is C1=CC2C=C3C=C3C=C12. The highest BCUT2D eigenvalue weighted by Gasteiger charge is 2.25. The third-order valence-electron chi connectivity index (χ3n) is 2.12. The van der Waals surface area contributed by atoms with Crippen molar-refractivity contribution in [2.45, 2.75) is 0 Å². The van der Waals surface area contributed by atoms with Gasteiger partial charge in [-0.3, -0.25) is 0 Å². The second-order valence-corrected chi connectivity index (χ2v) is 2.75. The first-order chi connectivity index (χ1) is 4.43. The van der Waals surface area contributed by atoms with Crippen molar-refractivity contribution in [3.63, 3.8) is 0 Å². The minimum absolute atomic E-state index is 0.669. The lowest BCUT2D eigenvalue weighted by Crippen LogP contribution is -2.06. The Morgan fingerprint density at radius 1 is 1.11 bits per heavy atom. The quantitative estimate of drug-likeness (QED) is 0.451.